The Hall–Kier alpha value is -2.66. The van der Waals surface area contributed by atoms with Crippen LogP contribution in [0.1, 0.15) is 66.9 Å². The Morgan fingerprint density at radius 1 is 0.973 bits per heavy atom. The molecule has 0 radical (unpaired) electrons. The van der Waals surface area contributed by atoms with Crippen LogP contribution in [0, 0.1) is 5.82 Å². The largest absolute Gasteiger partial charge is 0.416 e. The molecule has 2 N–H and O–H groups in total. The lowest BCUT2D eigenvalue weighted by molar-refractivity contribution is -0.143. The van der Waals surface area contributed by atoms with Crippen LogP contribution >= 0.6 is 0 Å². The van der Waals surface area contributed by atoms with Gasteiger partial charge < -0.3 is 15.4 Å². The van der Waals surface area contributed by atoms with Gasteiger partial charge in [-0.1, -0.05) is 12.1 Å². The van der Waals surface area contributed by atoms with Crippen molar-refractivity contribution >= 4 is 5.91 Å². The second-order valence-corrected chi connectivity index (χ2v) is 9.63. The number of carbonyl (C=O) groups excluding carboxylic acids is 1. The van der Waals surface area contributed by atoms with Crippen LogP contribution in [0.15, 0.2) is 42.5 Å². The van der Waals surface area contributed by atoms with E-state index in [9.17, 15) is 35.5 Å². The van der Waals surface area contributed by atoms with Gasteiger partial charge in [0.25, 0.3) is 0 Å². The molecule has 0 aromatic heterocycles. The van der Waals surface area contributed by atoms with Crippen molar-refractivity contribution < 1.29 is 40.3 Å². The minimum atomic E-state index is -4.95. The summed E-state index contributed by atoms with van der Waals surface area (Å²) in [5.74, 6) is -0.787. The highest BCUT2D eigenvalue weighted by Crippen LogP contribution is 2.42. The van der Waals surface area contributed by atoms with E-state index >= 15 is 0 Å². The lowest BCUT2D eigenvalue weighted by Crippen LogP contribution is -2.42. The molecule has 202 valence electrons. The number of carbonyl (C=O) groups is 1. The van der Waals surface area contributed by atoms with Gasteiger partial charge in [-0.2, -0.15) is 26.3 Å². The van der Waals surface area contributed by atoms with Crippen LogP contribution in [0.5, 0.6) is 0 Å². The molecule has 1 saturated carbocycles. The van der Waals surface area contributed by atoms with E-state index in [1.54, 1.807) is 12.1 Å². The molecule has 4 rings (SSSR count). The second kappa shape index (κ2) is 10.6. The highest BCUT2D eigenvalue weighted by atomic mass is 19.4. The molecule has 0 spiro atoms. The van der Waals surface area contributed by atoms with Crippen molar-refractivity contribution in [3.63, 3.8) is 0 Å². The summed E-state index contributed by atoms with van der Waals surface area (Å²) < 4.78 is 99.7. The summed E-state index contributed by atoms with van der Waals surface area (Å²) >= 11 is 0. The SMILES string of the molecule is C[C@@H](O[C@H]1CC[C@@H](NC[C@H]2CCC(=O)N2)[C@H]1c1ccc(F)cc1)c1cc(C(F)(F)F)cc(C(F)(F)F)c1. The van der Waals surface area contributed by atoms with E-state index in [-0.39, 0.29) is 35.5 Å². The third-order valence-corrected chi connectivity index (χ3v) is 7.02. The zero-order valence-corrected chi connectivity index (χ0v) is 19.9. The Kier molecular flexibility index (Phi) is 7.85. The molecule has 1 aliphatic heterocycles. The first-order chi connectivity index (χ1) is 17.3. The van der Waals surface area contributed by atoms with Crippen molar-refractivity contribution in [3.05, 3.63) is 70.5 Å². The summed E-state index contributed by atoms with van der Waals surface area (Å²) in [5.41, 5.74) is -2.28. The maximum atomic E-state index is 13.6. The number of halogens is 7. The number of hydrogen-bond acceptors (Lipinski definition) is 3. The third kappa shape index (κ3) is 6.62. The summed E-state index contributed by atoms with van der Waals surface area (Å²) in [6, 6.07) is 7.07. The first-order valence-corrected chi connectivity index (χ1v) is 12.0. The van der Waals surface area contributed by atoms with Gasteiger partial charge in [0.05, 0.1) is 23.3 Å². The summed E-state index contributed by atoms with van der Waals surface area (Å²) in [6.45, 7) is 1.92. The van der Waals surface area contributed by atoms with E-state index in [4.69, 9.17) is 4.74 Å². The van der Waals surface area contributed by atoms with E-state index in [2.05, 4.69) is 10.6 Å². The first kappa shape index (κ1) is 27.4. The molecule has 11 heteroatoms. The van der Waals surface area contributed by atoms with Crippen molar-refractivity contribution in [2.45, 2.75) is 75.2 Å². The molecule has 5 atom stereocenters. The summed E-state index contributed by atoms with van der Waals surface area (Å²) in [4.78, 5) is 11.5. The number of hydrogen-bond donors (Lipinski definition) is 2. The van der Waals surface area contributed by atoms with Crippen molar-refractivity contribution in [2.75, 3.05) is 6.54 Å². The van der Waals surface area contributed by atoms with Crippen molar-refractivity contribution in [1.82, 2.24) is 10.6 Å². The number of amides is 1. The summed E-state index contributed by atoms with van der Waals surface area (Å²) in [7, 11) is 0. The normalized spacial score (nSPS) is 25.4. The van der Waals surface area contributed by atoms with Crippen LogP contribution in [-0.4, -0.2) is 30.6 Å². The Bertz CT molecular complexity index is 1070. The van der Waals surface area contributed by atoms with E-state index < -0.39 is 41.5 Å². The fourth-order valence-electron chi connectivity index (χ4n) is 5.15. The minimum absolute atomic E-state index is 0.0253. The van der Waals surface area contributed by atoms with Crippen LogP contribution in [-0.2, 0) is 21.9 Å². The molecule has 1 heterocycles. The number of rotatable bonds is 7. The van der Waals surface area contributed by atoms with Gasteiger partial charge >= 0.3 is 12.4 Å². The third-order valence-electron chi connectivity index (χ3n) is 7.02. The molecule has 0 unspecified atom stereocenters. The molecule has 37 heavy (non-hydrogen) atoms. The molecule has 4 nitrogen and oxygen atoms in total. The molecule has 2 aromatic rings. The van der Waals surface area contributed by atoms with Crippen molar-refractivity contribution in [1.29, 1.82) is 0 Å². The van der Waals surface area contributed by atoms with E-state index in [1.165, 1.54) is 19.1 Å². The standard InChI is InChI=1S/C26H27F7N2O2/c1-14(16-10-17(25(28,29)30)12-18(11-16)26(31,32)33)37-22-8-7-21(34-13-20-6-9-23(36)35-20)24(22)15-2-4-19(27)5-3-15/h2-5,10-12,14,20-22,24,34H,6-9,13H2,1H3,(H,35,36)/t14-,20-,21-,22+,24-/m1/s1. The van der Waals surface area contributed by atoms with Gasteiger partial charge in [-0.15, -0.1) is 0 Å². The van der Waals surface area contributed by atoms with Gasteiger partial charge in [-0.3, -0.25) is 4.79 Å². The van der Waals surface area contributed by atoms with Gasteiger partial charge in [-0.05, 0) is 67.6 Å². The highest BCUT2D eigenvalue weighted by Gasteiger charge is 2.41. The monoisotopic (exact) mass is 532 g/mol. The Labute approximate surface area is 209 Å². The first-order valence-electron chi connectivity index (χ1n) is 12.0. The average Bonchev–Trinajstić information content (AvgIpc) is 3.42. The fourth-order valence-corrected chi connectivity index (χ4v) is 5.15. The Morgan fingerprint density at radius 3 is 2.14 bits per heavy atom. The minimum Gasteiger partial charge on any atom is -0.370 e. The molecule has 2 fully saturated rings. The molecule has 1 amide bonds. The molecule has 2 aromatic carbocycles. The van der Waals surface area contributed by atoms with Crippen molar-refractivity contribution in [2.24, 2.45) is 0 Å². The molecule has 1 saturated heterocycles. The van der Waals surface area contributed by atoms with Gasteiger partial charge in [0, 0.05) is 31.0 Å². The smallest absolute Gasteiger partial charge is 0.370 e. The zero-order valence-electron chi connectivity index (χ0n) is 19.9. The number of nitrogens with one attached hydrogen (secondary N) is 2. The second-order valence-electron chi connectivity index (χ2n) is 9.63. The molecule has 1 aliphatic carbocycles. The predicted molar refractivity (Wildman–Crippen MR) is 121 cm³/mol. The Morgan fingerprint density at radius 2 is 1.59 bits per heavy atom. The topological polar surface area (TPSA) is 50.4 Å². The van der Waals surface area contributed by atoms with Crippen LogP contribution in [0.2, 0.25) is 0 Å². The summed E-state index contributed by atoms with van der Waals surface area (Å²) in [5, 5.41) is 6.30. The van der Waals surface area contributed by atoms with E-state index in [1.807, 2.05) is 0 Å². The molecule has 0 bridgehead atoms. The number of ether oxygens (including phenoxy) is 1. The average molecular weight is 533 g/mol. The molecule has 2 aliphatic rings. The lowest BCUT2D eigenvalue weighted by atomic mass is 9.91. The maximum absolute atomic E-state index is 13.6. The van der Waals surface area contributed by atoms with Gasteiger partial charge in [0.1, 0.15) is 5.82 Å². The lowest BCUT2D eigenvalue weighted by Gasteiger charge is -2.29. The van der Waals surface area contributed by atoms with Crippen molar-refractivity contribution in [3.8, 4) is 0 Å². The fraction of sp³-hybridized carbons (Fsp3) is 0.500. The van der Waals surface area contributed by atoms with Gasteiger partial charge in [0.15, 0.2) is 0 Å². The molecular formula is C26H27F7N2O2. The van der Waals surface area contributed by atoms with Crippen LogP contribution in [0.3, 0.4) is 0 Å². The molecular weight excluding hydrogens is 505 g/mol. The van der Waals surface area contributed by atoms with Gasteiger partial charge in [-0.25, -0.2) is 4.39 Å². The zero-order chi connectivity index (χ0) is 27.0. The van der Waals surface area contributed by atoms with Crippen LogP contribution < -0.4 is 10.6 Å². The Balaban J connectivity index is 1.57. The number of alkyl halides is 6. The van der Waals surface area contributed by atoms with Crippen LogP contribution in [0.25, 0.3) is 0 Å². The quantitative estimate of drug-likeness (QED) is 0.423. The van der Waals surface area contributed by atoms with E-state index in [0.29, 0.717) is 44.4 Å². The maximum Gasteiger partial charge on any atom is 0.416 e. The van der Waals surface area contributed by atoms with E-state index in [0.717, 1.165) is 5.56 Å². The summed E-state index contributed by atoms with van der Waals surface area (Å²) in [6.07, 6.45) is -9.27. The predicted octanol–water partition coefficient (Wildman–Crippen LogP) is 6.12. The van der Waals surface area contributed by atoms with Gasteiger partial charge in [0.2, 0.25) is 5.91 Å². The van der Waals surface area contributed by atoms with Crippen LogP contribution in [0.4, 0.5) is 30.7 Å². The number of benzene rings is 2. The highest BCUT2D eigenvalue weighted by molar-refractivity contribution is 5.78.